The van der Waals surface area contributed by atoms with Crippen molar-refractivity contribution in [2.45, 2.75) is 361 Å². The molecule has 0 heterocycles. The highest BCUT2D eigenvalue weighted by molar-refractivity contribution is 5.71. The Bertz CT molecular complexity index is 998. The minimum atomic E-state index is -0.761. The molecule has 0 aromatic rings. The number of ether oxygens (including phenoxy) is 3. The minimum absolute atomic E-state index is 0.0608. The van der Waals surface area contributed by atoms with Gasteiger partial charge in [0.05, 0.1) is 0 Å². The largest absolute Gasteiger partial charge is 0.462 e. The maximum Gasteiger partial charge on any atom is 0.306 e. The minimum Gasteiger partial charge on any atom is -0.462 e. The molecule has 0 aliphatic heterocycles. The number of esters is 3. The fourth-order valence-electron chi connectivity index (χ4n) is 9.51. The van der Waals surface area contributed by atoms with Crippen LogP contribution in [-0.2, 0) is 28.6 Å². The summed E-state index contributed by atoms with van der Waals surface area (Å²) in [7, 11) is 0. The molecule has 6 nitrogen and oxygen atoms in total. The molecule has 0 spiro atoms. The highest BCUT2D eigenvalue weighted by atomic mass is 16.6. The first-order valence-corrected chi connectivity index (χ1v) is 30.5. The van der Waals surface area contributed by atoms with Crippen LogP contribution in [0.3, 0.4) is 0 Å². The second-order valence-electron chi connectivity index (χ2n) is 21.0. The first-order chi connectivity index (χ1) is 33.0. The van der Waals surface area contributed by atoms with E-state index in [9.17, 15) is 14.4 Å². The van der Waals surface area contributed by atoms with Crippen molar-refractivity contribution in [3.05, 3.63) is 0 Å². The molecule has 0 aromatic heterocycles. The van der Waals surface area contributed by atoms with Crippen molar-refractivity contribution >= 4 is 17.9 Å². The molecule has 0 radical (unpaired) electrons. The third kappa shape index (κ3) is 55.2. The average molecular weight is 948 g/mol. The van der Waals surface area contributed by atoms with Crippen LogP contribution in [0.1, 0.15) is 355 Å². The van der Waals surface area contributed by atoms with E-state index in [1.807, 2.05) is 0 Å². The van der Waals surface area contributed by atoms with Gasteiger partial charge in [-0.3, -0.25) is 14.4 Å². The summed E-state index contributed by atoms with van der Waals surface area (Å²) < 4.78 is 16.9. The summed E-state index contributed by atoms with van der Waals surface area (Å²) in [5.74, 6) is -0.829. The lowest BCUT2D eigenvalue weighted by atomic mass is 10.0. The van der Waals surface area contributed by atoms with Crippen LogP contribution in [0.15, 0.2) is 0 Å². The van der Waals surface area contributed by atoms with Gasteiger partial charge in [-0.25, -0.2) is 0 Å². The summed E-state index contributed by atoms with van der Waals surface area (Å²) in [5.41, 5.74) is 0. The Balaban J connectivity index is 4.25. The summed E-state index contributed by atoms with van der Waals surface area (Å²) in [6.45, 7) is 6.72. The van der Waals surface area contributed by atoms with Crippen LogP contribution < -0.4 is 0 Å². The Kier molecular flexibility index (Phi) is 55.6. The normalized spacial score (nSPS) is 11.9. The zero-order valence-electron chi connectivity index (χ0n) is 45.7. The molecule has 1 atom stereocenters. The summed E-state index contributed by atoms with van der Waals surface area (Å²) in [6.07, 6.45) is 63.9. The Hall–Kier alpha value is -1.59. The molecule has 0 saturated heterocycles. The third-order valence-electron chi connectivity index (χ3n) is 14.1. The molecule has 0 unspecified atom stereocenters. The summed E-state index contributed by atoms with van der Waals surface area (Å²) in [5, 5.41) is 0. The van der Waals surface area contributed by atoms with Crippen molar-refractivity contribution in [2.75, 3.05) is 13.2 Å². The Morgan fingerprint density at radius 3 is 0.597 bits per heavy atom. The van der Waals surface area contributed by atoms with Gasteiger partial charge < -0.3 is 14.2 Å². The maximum atomic E-state index is 12.9. The smallest absolute Gasteiger partial charge is 0.306 e. The second kappa shape index (κ2) is 57.0. The molecule has 0 N–H and O–H groups in total. The van der Waals surface area contributed by atoms with E-state index in [4.69, 9.17) is 14.2 Å². The van der Waals surface area contributed by atoms with E-state index in [0.717, 1.165) is 57.8 Å². The molecule has 67 heavy (non-hydrogen) atoms. The van der Waals surface area contributed by atoms with Crippen LogP contribution in [0.2, 0.25) is 0 Å². The van der Waals surface area contributed by atoms with Crippen LogP contribution in [0.5, 0.6) is 0 Å². The number of rotatable bonds is 57. The first kappa shape index (κ1) is 65.4. The van der Waals surface area contributed by atoms with E-state index in [0.29, 0.717) is 19.3 Å². The summed E-state index contributed by atoms with van der Waals surface area (Å²) >= 11 is 0. The van der Waals surface area contributed by atoms with Crippen LogP contribution >= 0.6 is 0 Å². The predicted molar refractivity (Wildman–Crippen MR) is 289 cm³/mol. The number of hydrogen-bond acceptors (Lipinski definition) is 6. The highest BCUT2D eigenvalue weighted by Crippen LogP contribution is 2.18. The van der Waals surface area contributed by atoms with Crippen LogP contribution in [0.25, 0.3) is 0 Å². The van der Waals surface area contributed by atoms with Crippen molar-refractivity contribution in [3.63, 3.8) is 0 Å². The molecule has 6 heteroatoms. The Morgan fingerprint density at radius 1 is 0.239 bits per heavy atom. The van der Waals surface area contributed by atoms with Gasteiger partial charge in [0.25, 0.3) is 0 Å². The fourth-order valence-corrected chi connectivity index (χ4v) is 9.51. The molecule has 398 valence electrons. The predicted octanol–water partition coefficient (Wildman–Crippen LogP) is 20.3. The van der Waals surface area contributed by atoms with Crippen molar-refractivity contribution in [1.29, 1.82) is 0 Å². The number of carbonyl (C=O) groups excluding carboxylic acids is 3. The van der Waals surface area contributed by atoms with E-state index in [-0.39, 0.29) is 31.1 Å². The fraction of sp³-hybridized carbons (Fsp3) is 0.951. The standard InChI is InChI=1S/C61H118O6/c1-4-7-10-13-16-19-22-25-27-29-31-33-35-37-40-43-46-49-52-55-61(64)67-58(56-65-59(62)53-50-47-44-41-38-24-21-18-15-12-9-6-3)57-66-60(63)54-51-48-45-42-39-36-34-32-30-28-26-23-20-17-14-11-8-5-2/h58H,4-57H2,1-3H3/t58-/m1/s1. The zero-order chi connectivity index (χ0) is 48.6. The summed E-state index contributed by atoms with van der Waals surface area (Å²) in [6, 6.07) is 0. The summed E-state index contributed by atoms with van der Waals surface area (Å²) in [4.78, 5) is 38.2. The van der Waals surface area contributed by atoms with Crippen molar-refractivity contribution in [2.24, 2.45) is 0 Å². The molecule has 0 aliphatic rings. The Morgan fingerprint density at radius 2 is 0.403 bits per heavy atom. The number of hydrogen-bond donors (Lipinski definition) is 0. The first-order valence-electron chi connectivity index (χ1n) is 30.5. The van der Waals surface area contributed by atoms with Crippen molar-refractivity contribution < 1.29 is 28.6 Å². The number of unbranched alkanes of at least 4 members (excludes halogenated alkanes) is 46. The molecule has 0 amide bonds. The van der Waals surface area contributed by atoms with Crippen molar-refractivity contribution in [1.82, 2.24) is 0 Å². The quantitative estimate of drug-likeness (QED) is 0.0343. The van der Waals surface area contributed by atoms with Crippen LogP contribution in [-0.4, -0.2) is 37.2 Å². The van der Waals surface area contributed by atoms with Gasteiger partial charge in [0.2, 0.25) is 0 Å². The van der Waals surface area contributed by atoms with Gasteiger partial charge in [-0.1, -0.05) is 316 Å². The van der Waals surface area contributed by atoms with Gasteiger partial charge in [-0.15, -0.1) is 0 Å². The van der Waals surface area contributed by atoms with Gasteiger partial charge in [0.1, 0.15) is 13.2 Å². The molecule has 0 bridgehead atoms. The van der Waals surface area contributed by atoms with E-state index in [1.54, 1.807) is 0 Å². The third-order valence-corrected chi connectivity index (χ3v) is 14.1. The SMILES string of the molecule is CCCCCCCCCCCCCCCCCCCCCC(=O)O[C@H](COC(=O)CCCCCCCCCCCCCC)COC(=O)CCCCCCCCCCCCCCCCCCCC. The molecule has 0 saturated carbocycles. The van der Waals surface area contributed by atoms with Gasteiger partial charge >= 0.3 is 17.9 Å². The van der Waals surface area contributed by atoms with Crippen molar-refractivity contribution in [3.8, 4) is 0 Å². The van der Waals surface area contributed by atoms with E-state index < -0.39 is 6.10 Å². The second-order valence-corrected chi connectivity index (χ2v) is 21.0. The lowest BCUT2D eigenvalue weighted by molar-refractivity contribution is -0.167. The monoisotopic (exact) mass is 947 g/mol. The van der Waals surface area contributed by atoms with E-state index >= 15 is 0 Å². The lowest BCUT2D eigenvalue weighted by Crippen LogP contribution is -2.30. The lowest BCUT2D eigenvalue weighted by Gasteiger charge is -2.18. The molecular weight excluding hydrogens is 829 g/mol. The van der Waals surface area contributed by atoms with Gasteiger partial charge in [-0.05, 0) is 19.3 Å². The molecular formula is C61H118O6. The molecule has 0 fully saturated rings. The van der Waals surface area contributed by atoms with Gasteiger partial charge in [0, 0.05) is 19.3 Å². The Labute approximate surface area is 418 Å². The van der Waals surface area contributed by atoms with Crippen LogP contribution in [0, 0.1) is 0 Å². The van der Waals surface area contributed by atoms with Gasteiger partial charge in [0.15, 0.2) is 6.10 Å². The highest BCUT2D eigenvalue weighted by Gasteiger charge is 2.19. The topological polar surface area (TPSA) is 78.9 Å². The maximum absolute atomic E-state index is 12.9. The average Bonchev–Trinajstić information content (AvgIpc) is 3.33. The van der Waals surface area contributed by atoms with Crippen LogP contribution in [0.4, 0.5) is 0 Å². The van der Waals surface area contributed by atoms with Gasteiger partial charge in [-0.2, -0.15) is 0 Å². The zero-order valence-corrected chi connectivity index (χ0v) is 45.7. The van der Waals surface area contributed by atoms with E-state index in [2.05, 4.69) is 20.8 Å². The molecule has 0 rings (SSSR count). The molecule has 0 aromatic carbocycles. The van der Waals surface area contributed by atoms with E-state index in [1.165, 1.54) is 257 Å². The number of carbonyl (C=O) groups is 3. The molecule has 0 aliphatic carbocycles.